The molecule has 0 spiro atoms. The minimum atomic E-state index is 0.654. The second-order valence-electron chi connectivity index (χ2n) is 6.88. The fraction of sp³-hybridized carbons (Fsp3) is 0.500. The van der Waals surface area contributed by atoms with Crippen molar-refractivity contribution in [3.05, 3.63) is 52.3 Å². The second-order valence-corrected chi connectivity index (χ2v) is 6.88. The van der Waals surface area contributed by atoms with Gasteiger partial charge in [-0.1, -0.05) is 24.3 Å². The van der Waals surface area contributed by atoms with E-state index in [4.69, 9.17) is 4.99 Å². The molecule has 6 heteroatoms. The van der Waals surface area contributed by atoms with Gasteiger partial charge in [-0.25, -0.2) is 4.99 Å². The first-order chi connectivity index (χ1) is 12.4. The number of nitrogens with one attached hydrogen (secondary N) is 2. The van der Waals surface area contributed by atoms with Crippen molar-refractivity contribution in [2.75, 3.05) is 20.6 Å². The van der Waals surface area contributed by atoms with E-state index in [1.807, 2.05) is 18.7 Å². The number of benzene rings is 1. The van der Waals surface area contributed by atoms with E-state index >= 15 is 0 Å². The molecule has 0 aliphatic carbocycles. The van der Waals surface area contributed by atoms with Crippen molar-refractivity contribution in [2.45, 2.75) is 40.4 Å². The van der Waals surface area contributed by atoms with Gasteiger partial charge in [0.05, 0.1) is 12.2 Å². The zero-order valence-electron chi connectivity index (χ0n) is 16.9. The highest BCUT2D eigenvalue weighted by atomic mass is 15.3. The molecule has 0 saturated heterocycles. The molecule has 0 bridgehead atoms. The molecule has 1 aromatic heterocycles. The molecule has 0 saturated carbocycles. The monoisotopic (exact) mass is 356 g/mol. The summed E-state index contributed by atoms with van der Waals surface area (Å²) in [5.41, 5.74) is 6.00. The van der Waals surface area contributed by atoms with E-state index in [0.717, 1.165) is 31.3 Å². The van der Waals surface area contributed by atoms with Crippen LogP contribution < -0.4 is 10.6 Å². The standard InChI is InChI=1S/C20H32N6/c1-7-21-20(23-13-19-15(2)24-26(6)16(19)3)22-12-17-9-8-10-18(11-17)14-25(4)5/h8-11H,7,12-14H2,1-6H3,(H2,21,22,23). The van der Waals surface area contributed by atoms with Crippen LogP contribution in [0.15, 0.2) is 29.3 Å². The molecule has 0 amide bonds. The number of aromatic nitrogens is 2. The van der Waals surface area contributed by atoms with Crippen LogP contribution in [0, 0.1) is 13.8 Å². The number of aliphatic imine (C=N–C) groups is 1. The molecule has 0 fully saturated rings. The Morgan fingerprint density at radius 2 is 1.92 bits per heavy atom. The van der Waals surface area contributed by atoms with Crippen molar-refractivity contribution < 1.29 is 0 Å². The lowest BCUT2D eigenvalue weighted by atomic mass is 10.1. The molecule has 2 rings (SSSR count). The van der Waals surface area contributed by atoms with E-state index in [-0.39, 0.29) is 0 Å². The molecule has 0 atom stereocenters. The van der Waals surface area contributed by atoms with Gasteiger partial charge in [0.1, 0.15) is 0 Å². The lowest BCUT2D eigenvalue weighted by Crippen LogP contribution is -2.37. The third-order valence-electron chi connectivity index (χ3n) is 4.35. The van der Waals surface area contributed by atoms with Crippen molar-refractivity contribution in [3.8, 4) is 0 Å². The molecule has 142 valence electrons. The van der Waals surface area contributed by atoms with Crippen LogP contribution in [0.4, 0.5) is 0 Å². The summed E-state index contributed by atoms with van der Waals surface area (Å²) in [7, 11) is 6.15. The first-order valence-electron chi connectivity index (χ1n) is 9.14. The van der Waals surface area contributed by atoms with Gasteiger partial charge in [-0.15, -0.1) is 0 Å². The Morgan fingerprint density at radius 1 is 1.19 bits per heavy atom. The van der Waals surface area contributed by atoms with Gasteiger partial charge in [0.2, 0.25) is 0 Å². The minimum absolute atomic E-state index is 0.654. The van der Waals surface area contributed by atoms with E-state index in [1.54, 1.807) is 0 Å². The van der Waals surface area contributed by atoms with E-state index < -0.39 is 0 Å². The van der Waals surface area contributed by atoms with Gasteiger partial charge in [0, 0.05) is 37.9 Å². The maximum absolute atomic E-state index is 4.74. The van der Waals surface area contributed by atoms with Crippen LogP contribution in [-0.4, -0.2) is 41.3 Å². The van der Waals surface area contributed by atoms with Gasteiger partial charge >= 0.3 is 0 Å². The Balaban J connectivity index is 2.04. The highest BCUT2D eigenvalue weighted by Gasteiger charge is 2.09. The summed E-state index contributed by atoms with van der Waals surface area (Å²) in [4.78, 5) is 6.91. The van der Waals surface area contributed by atoms with Gasteiger partial charge in [0.25, 0.3) is 0 Å². The van der Waals surface area contributed by atoms with E-state index in [9.17, 15) is 0 Å². The molecular formula is C20H32N6. The molecule has 0 unspecified atom stereocenters. The molecule has 0 aliphatic heterocycles. The highest BCUT2D eigenvalue weighted by molar-refractivity contribution is 5.79. The van der Waals surface area contributed by atoms with Crippen molar-refractivity contribution in [1.82, 2.24) is 25.3 Å². The average molecular weight is 357 g/mol. The average Bonchev–Trinajstić information content (AvgIpc) is 2.82. The maximum Gasteiger partial charge on any atom is 0.191 e. The fourth-order valence-corrected chi connectivity index (χ4v) is 2.95. The Morgan fingerprint density at radius 3 is 2.54 bits per heavy atom. The Kier molecular flexibility index (Phi) is 7.21. The quantitative estimate of drug-likeness (QED) is 0.591. The van der Waals surface area contributed by atoms with Gasteiger partial charge in [0.15, 0.2) is 5.96 Å². The fourth-order valence-electron chi connectivity index (χ4n) is 2.95. The second kappa shape index (κ2) is 9.38. The lowest BCUT2D eigenvalue weighted by molar-refractivity contribution is 0.402. The van der Waals surface area contributed by atoms with Crippen molar-refractivity contribution >= 4 is 5.96 Å². The van der Waals surface area contributed by atoms with Gasteiger partial charge in [-0.05, 0) is 46.0 Å². The first kappa shape index (κ1) is 20.0. The number of rotatable bonds is 7. The zero-order valence-corrected chi connectivity index (χ0v) is 16.9. The molecule has 2 aromatic rings. The summed E-state index contributed by atoms with van der Waals surface area (Å²) in [5, 5.41) is 11.2. The molecule has 0 radical (unpaired) electrons. The van der Waals surface area contributed by atoms with E-state index in [1.165, 1.54) is 22.4 Å². The van der Waals surface area contributed by atoms with Gasteiger partial charge in [-0.3, -0.25) is 4.68 Å². The minimum Gasteiger partial charge on any atom is -0.357 e. The van der Waals surface area contributed by atoms with E-state index in [2.05, 4.69) is 72.8 Å². The smallest absolute Gasteiger partial charge is 0.191 e. The Labute approximate surface area is 157 Å². The largest absolute Gasteiger partial charge is 0.357 e. The predicted molar refractivity (Wildman–Crippen MR) is 108 cm³/mol. The molecular weight excluding hydrogens is 324 g/mol. The van der Waals surface area contributed by atoms with Crippen LogP contribution >= 0.6 is 0 Å². The predicted octanol–water partition coefficient (Wildman–Crippen LogP) is 2.35. The molecule has 1 aromatic carbocycles. The molecule has 6 nitrogen and oxygen atoms in total. The number of hydrogen-bond acceptors (Lipinski definition) is 3. The van der Waals surface area contributed by atoms with E-state index in [0.29, 0.717) is 6.54 Å². The first-order valence-corrected chi connectivity index (χ1v) is 9.14. The van der Waals surface area contributed by atoms with Crippen molar-refractivity contribution in [3.63, 3.8) is 0 Å². The maximum atomic E-state index is 4.74. The van der Waals surface area contributed by atoms with Crippen molar-refractivity contribution in [2.24, 2.45) is 12.0 Å². The third kappa shape index (κ3) is 5.59. The van der Waals surface area contributed by atoms with Crippen molar-refractivity contribution in [1.29, 1.82) is 0 Å². The summed E-state index contributed by atoms with van der Waals surface area (Å²) in [6.45, 7) is 9.36. The topological polar surface area (TPSA) is 57.5 Å². The van der Waals surface area contributed by atoms with Crippen LogP contribution in [0.1, 0.15) is 35.0 Å². The van der Waals surface area contributed by atoms with Crippen LogP contribution in [-0.2, 0) is 26.7 Å². The van der Waals surface area contributed by atoms with Crippen LogP contribution in [0.2, 0.25) is 0 Å². The number of nitrogens with zero attached hydrogens (tertiary/aromatic N) is 4. The van der Waals surface area contributed by atoms with Crippen LogP contribution in [0.3, 0.4) is 0 Å². The summed E-state index contributed by atoms with van der Waals surface area (Å²) in [6.07, 6.45) is 0. The number of aryl methyl sites for hydroxylation is 2. The van der Waals surface area contributed by atoms with Gasteiger partial charge in [-0.2, -0.15) is 5.10 Å². The highest BCUT2D eigenvalue weighted by Crippen LogP contribution is 2.11. The number of guanidine groups is 1. The van der Waals surface area contributed by atoms with Gasteiger partial charge < -0.3 is 15.5 Å². The molecule has 2 N–H and O–H groups in total. The summed E-state index contributed by atoms with van der Waals surface area (Å²) < 4.78 is 1.92. The molecule has 26 heavy (non-hydrogen) atoms. The molecule has 0 aliphatic rings. The normalized spacial score (nSPS) is 11.9. The Hall–Kier alpha value is -2.34. The lowest BCUT2D eigenvalue weighted by Gasteiger charge is -2.13. The SMILES string of the molecule is CCNC(=NCc1cccc(CN(C)C)c1)NCc1c(C)nn(C)c1C. The van der Waals surface area contributed by atoms with Crippen LogP contribution in [0.5, 0.6) is 0 Å². The number of hydrogen-bond donors (Lipinski definition) is 2. The van der Waals surface area contributed by atoms with Crippen LogP contribution in [0.25, 0.3) is 0 Å². The Bertz CT molecular complexity index is 745. The zero-order chi connectivity index (χ0) is 19.1. The third-order valence-corrected chi connectivity index (χ3v) is 4.35. The molecule has 1 heterocycles. The summed E-state index contributed by atoms with van der Waals surface area (Å²) in [5.74, 6) is 0.827. The summed E-state index contributed by atoms with van der Waals surface area (Å²) in [6, 6.07) is 8.61. The summed E-state index contributed by atoms with van der Waals surface area (Å²) >= 11 is 0.